The zero-order chi connectivity index (χ0) is 22.2. The minimum atomic E-state index is -0.354. The van der Waals surface area contributed by atoms with E-state index in [1.165, 1.54) is 0 Å². The van der Waals surface area contributed by atoms with Crippen LogP contribution >= 0.6 is 12.2 Å². The van der Waals surface area contributed by atoms with Crippen molar-refractivity contribution >= 4 is 40.5 Å². The lowest BCUT2D eigenvalue weighted by Gasteiger charge is -2.12. The Bertz CT molecular complexity index is 1110. The predicted molar refractivity (Wildman–Crippen MR) is 127 cm³/mol. The summed E-state index contributed by atoms with van der Waals surface area (Å²) in [5.74, 6) is 0.0192. The van der Waals surface area contributed by atoms with E-state index in [4.69, 9.17) is 17.0 Å². The van der Waals surface area contributed by atoms with Crippen molar-refractivity contribution in [1.82, 2.24) is 5.32 Å². The minimum absolute atomic E-state index is 0.128. The standard InChI is InChI=1S/C24H23N3O3S/c1-3-30-21-12-6-9-18(15-21)23(29)27-24(31)26-20-11-5-8-17(14-20)22(28)25-19-10-4-7-16(2)13-19/h4-15H,3H2,1-2H3,(H,25,28)(H2,26,27,29,31). The van der Waals surface area contributed by atoms with Crippen molar-refractivity contribution in [3.63, 3.8) is 0 Å². The van der Waals surface area contributed by atoms with Gasteiger partial charge in [-0.05, 0) is 80.2 Å². The van der Waals surface area contributed by atoms with E-state index in [9.17, 15) is 9.59 Å². The molecule has 158 valence electrons. The second-order valence-electron chi connectivity index (χ2n) is 6.77. The van der Waals surface area contributed by atoms with Gasteiger partial charge in [-0.2, -0.15) is 0 Å². The maximum atomic E-state index is 12.6. The second-order valence-corrected chi connectivity index (χ2v) is 7.18. The lowest BCUT2D eigenvalue weighted by atomic mass is 10.1. The third kappa shape index (κ3) is 6.38. The van der Waals surface area contributed by atoms with Gasteiger partial charge >= 0.3 is 0 Å². The third-order valence-corrected chi connectivity index (χ3v) is 4.50. The van der Waals surface area contributed by atoms with E-state index in [1.807, 2.05) is 38.1 Å². The number of aryl methyl sites for hydroxylation is 1. The molecule has 0 aliphatic heterocycles. The van der Waals surface area contributed by atoms with Gasteiger partial charge in [0.1, 0.15) is 5.75 Å². The maximum Gasteiger partial charge on any atom is 0.257 e. The van der Waals surface area contributed by atoms with Gasteiger partial charge in [-0.15, -0.1) is 0 Å². The Morgan fingerprint density at radius 3 is 2.19 bits per heavy atom. The Balaban J connectivity index is 1.62. The molecule has 0 radical (unpaired) electrons. The highest BCUT2D eigenvalue weighted by molar-refractivity contribution is 7.80. The number of carbonyl (C=O) groups excluding carboxylic acids is 2. The van der Waals surface area contributed by atoms with Gasteiger partial charge in [0.15, 0.2) is 5.11 Å². The molecule has 0 aromatic heterocycles. The van der Waals surface area contributed by atoms with Crippen molar-refractivity contribution in [2.75, 3.05) is 17.2 Å². The topological polar surface area (TPSA) is 79.5 Å². The van der Waals surface area contributed by atoms with Crippen LogP contribution in [0.4, 0.5) is 11.4 Å². The largest absolute Gasteiger partial charge is 0.494 e. The maximum absolute atomic E-state index is 12.6. The van der Waals surface area contributed by atoms with Crippen molar-refractivity contribution in [2.45, 2.75) is 13.8 Å². The van der Waals surface area contributed by atoms with E-state index in [0.29, 0.717) is 29.2 Å². The number of rotatable bonds is 6. The quantitative estimate of drug-likeness (QED) is 0.488. The van der Waals surface area contributed by atoms with E-state index in [2.05, 4.69) is 16.0 Å². The summed E-state index contributed by atoms with van der Waals surface area (Å²) in [5, 5.41) is 8.57. The molecular weight excluding hydrogens is 410 g/mol. The van der Waals surface area contributed by atoms with E-state index in [1.54, 1.807) is 48.5 Å². The molecule has 3 aromatic carbocycles. The monoisotopic (exact) mass is 433 g/mol. The number of ether oxygens (including phenoxy) is 1. The first-order valence-corrected chi connectivity index (χ1v) is 10.2. The molecule has 0 spiro atoms. The van der Waals surface area contributed by atoms with Crippen LogP contribution in [0.15, 0.2) is 72.8 Å². The molecule has 0 bridgehead atoms. The van der Waals surface area contributed by atoms with Crippen LogP contribution in [0.25, 0.3) is 0 Å². The molecule has 0 aliphatic rings. The summed E-state index contributed by atoms with van der Waals surface area (Å²) >= 11 is 5.25. The molecule has 7 heteroatoms. The van der Waals surface area contributed by atoms with Gasteiger partial charge in [0.05, 0.1) is 6.61 Å². The zero-order valence-corrected chi connectivity index (χ0v) is 18.1. The van der Waals surface area contributed by atoms with Gasteiger partial charge in [-0.1, -0.05) is 24.3 Å². The molecule has 0 aliphatic carbocycles. The number of amides is 2. The van der Waals surface area contributed by atoms with Crippen LogP contribution in [-0.4, -0.2) is 23.5 Å². The van der Waals surface area contributed by atoms with Crippen LogP contribution < -0.4 is 20.7 Å². The first-order valence-electron chi connectivity index (χ1n) is 9.78. The van der Waals surface area contributed by atoms with Crippen molar-refractivity contribution in [1.29, 1.82) is 0 Å². The molecule has 2 amide bonds. The molecular formula is C24H23N3O3S. The average Bonchev–Trinajstić information content (AvgIpc) is 2.74. The molecule has 0 saturated carbocycles. The summed E-state index contributed by atoms with van der Waals surface area (Å²) in [6.07, 6.45) is 0. The van der Waals surface area contributed by atoms with Crippen LogP contribution in [0.3, 0.4) is 0 Å². The summed E-state index contributed by atoms with van der Waals surface area (Å²) in [6.45, 7) is 4.35. The fourth-order valence-corrected chi connectivity index (χ4v) is 3.11. The SMILES string of the molecule is CCOc1cccc(C(=O)NC(=S)Nc2cccc(C(=O)Nc3cccc(C)c3)c2)c1. The summed E-state index contributed by atoms with van der Waals surface area (Å²) < 4.78 is 5.42. The highest BCUT2D eigenvalue weighted by atomic mass is 32.1. The normalized spacial score (nSPS) is 10.1. The van der Waals surface area contributed by atoms with Gasteiger partial charge < -0.3 is 15.4 Å². The highest BCUT2D eigenvalue weighted by Gasteiger charge is 2.11. The number of thiocarbonyl (C=S) groups is 1. The summed E-state index contributed by atoms with van der Waals surface area (Å²) in [7, 11) is 0. The van der Waals surface area contributed by atoms with Crippen molar-refractivity contribution in [3.05, 3.63) is 89.5 Å². The molecule has 3 rings (SSSR count). The van der Waals surface area contributed by atoms with Crippen molar-refractivity contribution < 1.29 is 14.3 Å². The number of benzene rings is 3. The Morgan fingerprint density at radius 2 is 1.48 bits per heavy atom. The first-order chi connectivity index (χ1) is 14.9. The number of hydrogen-bond donors (Lipinski definition) is 3. The summed E-state index contributed by atoms with van der Waals surface area (Å²) in [6, 6.07) is 21.3. The van der Waals surface area contributed by atoms with Gasteiger partial charge in [0, 0.05) is 22.5 Å². The number of nitrogens with one attached hydrogen (secondary N) is 3. The molecule has 3 N–H and O–H groups in total. The van der Waals surface area contributed by atoms with Crippen LogP contribution in [0, 0.1) is 6.92 Å². The van der Waals surface area contributed by atoms with E-state index < -0.39 is 0 Å². The van der Waals surface area contributed by atoms with E-state index >= 15 is 0 Å². The van der Waals surface area contributed by atoms with Gasteiger partial charge in [-0.25, -0.2) is 0 Å². The van der Waals surface area contributed by atoms with Gasteiger partial charge in [0.2, 0.25) is 0 Å². The lowest BCUT2D eigenvalue weighted by Crippen LogP contribution is -2.34. The van der Waals surface area contributed by atoms with E-state index in [-0.39, 0.29) is 16.9 Å². The minimum Gasteiger partial charge on any atom is -0.494 e. The predicted octanol–water partition coefficient (Wildman–Crippen LogP) is 4.77. The molecule has 0 saturated heterocycles. The Labute approximate surface area is 186 Å². The summed E-state index contributed by atoms with van der Waals surface area (Å²) in [5.41, 5.74) is 3.26. The first kappa shape index (κ1) is 22.0. The number of carbonyl (C=O) groups is 2. The molecule has 0 atom stereocenters. The fraction of sp³-hybridized carbons (Fsp3) is 0.125. The van der Waals surface area contributed by atoms with Gasteiger partial charge in [0.25, 0.3) is 11.8 Å². The molecule has 3 aromatic rings. The molecule has 0 unspecified atom stereocenters. The van der Waals surface area contributed by atoms with E-state index in [0.717, 1.165) is 11.3 Å². The molecule has 0 fully saturated rings. The Hall–Kier alpha value is -3.71. The smallest absolute Gasteiger partial charge is 0.257 e. The van der Waals surface area contributed by atoms with Crippen LogP contribution in [0.1, 0.15) is 33.2 Å². The highest BCUT2D eigenvalue weighted by Crippen LogP contribution is 2.16. The molecule has 6 nitrogen and oxygen atoms in total. The van der Waals surface area contributed by atoms with Crippen molar-refractivity contribution in [3.8, 4) is 5.75 Å². The van der Waals surface area contributed by atoms with Crippen LogP contribution in [0.2, 0.25) is 0 Å². The molecule has 31 heavy (non-hydrogen) atoms. The van der Waals surface area contributed by atoms with Crippen LogP contribution in [0.5, 0.6) is 5.75 Å². The lowest BCUT2D eigenvalue weighted by molar-refractivity contribution is 0.0975. The average molecular weight is 434 g/mol. The Morgan fingerprint density at radius 1 is 0.839 bits per heavy atom. The Kier molecular flexibility index (Phi) is 7.35. The zero-order valence-electron chi connectivity index (χ0n) is 17.3. The second kappa shape index (κ2) is 10.4. The van der Waals surface area contributed by atoms with Gasteiger partial charge in [-0.3, -0.25) is 14.9 Å². The number of hydrogen-bond acceptors (Lipinski definition) is 4. The summed E-state index contributed by atoms with van der Waals surface area (Å²) in [4.78, 5) is 25.0. The number of anilines is 2. The fourth-order valence-electron chi connectivity index (χ4n) is 2.90. The van der Waals surface area contributed by atoms with Crippen molar-refractivity contribution in [2.24, 2.45) is 0 Å². The molecule has 0 heterocycles. The van der Waals surface area contributed by atoms with Crippen LogP contribution in [-0.2, 0) is 0 Å². The third-order valence-electron chi connectivity index (χ3n) is 4.29.